The van der Waals surface area contributed by atoms with Gasteiger partial charge in [-0.1, -0.05) is 18.1 Å². The van der Waals surface area contributed by atoms with E-state index in [0.29, 0.717) is 13.0 Å². The van der Waals surface area contributed by atoms with E-state index >= 15 is 0 Å². The van der Waals surface area contributed by atoms with Crippen molar-refractivity contribution in [3.63, 3.8) is 0 Å². The molecule has 21 heavy (non-hydrogen) atoms. The summed E-state index contributed by atoms with van der Waals surface area (Å²) in [6, 6.07) is 7.01. The average molecular weight is 290 g/mol. The van der Waals surface area contributed by atoms with Crippen LogP contribution in [0.4, 0.5) is 4.79 Å². The van der Waals surface area contributed by atoms with Gasteiger partial charge < -0.3 is 20.1 Å². The first-order valence-electron chi connectivity index (χ1n) is 6.37. The van der Waals surface area contributed by atoms with E-state index in [9.17, 15) is 9.59 Å². The molecule has 0 radical (unpaired) electrons. The van der Waals surface area contributed by atoms with Crippen LogP contribution in [0, 0.1) is 12.3 Å². The van der Waals surface area contributed by atoms with E-state index in [1.54, 1.807) is 7.11 Å². The zero-order valence-corrected chi connectivity index (χ0v) is 11.8. The van der Waals surface area contributed by atoms with E-state index in [1.807, 2.05) is 24.3 Å². The van der Waals surface area contributed by atoms with E-state index in [-0.39, 0.29) is 6.54 Å². The Morgan fingerprint density at radius 3 is 2.86 bits per heavy atom. The van der Waals surface area contributed by atoms with Crippen LogP contribution in [0.5, 0.6) is 5.75 Å². The monoisotopic (exact) mass is 290 g/mol. The summed E-state index contributed by atoms with van der Waals surface area (Å²) in [6.07, 6.45) is 5.73. The number of rotatable bonds is 7. The van der Waals surface area contributed by atoms with Crippen LogP contribution < -0.4 is 10.1 Å². The quantitative estimate of drug-likeness (QED) is 0.733. The van der Waals surface area contributed by atoms with Gasteiger partial charge in [0, 0.05) is 6.54 Å². The Balaban J connectivity index is 2.47. The molecule has 6 nitrogen and oxygen atoms in total. The number of carboxylic acid groups (broad SMARTS) is 1. The third kappa shape index (κ3) is 5.87. The number of carbonyl (C=O) groups excluding carboxylic acids is 1. The molecule has 0 heterocycles. The van der Waals surface area contributed by atoms with Crippen LogP contribution in [-0.2, 0) is 11.2 Å². The molecule has 112 valence electrons. The molecule has 0 saturated heterocycles. The van der Waals surface area contributed by atoms with Crippen molar-refractivity contribution in [3.05, 3.63) is 29.8 Å². The number of carbonyl (C=O) groups is 2. The Morgan fingerprint density at radius 2 is 2.24 bits per heavy atom. The van der Waals surface area contributed by atoms with E-state index in [0.717, 1.165) is 16.2 Å². The van der Waals surface area contributed by atoms with Gasteiger partial charge in [0.25, 0.3) is 0 Å². The van der Waals surface area contributed by atoms with Crippen LogP contribution in [-0.4, -0.2) is 48.8 Å². The molecule has 0 aromatic heterocycles. The summed E-state index contributed by atoms with van der Waals surface area (Å²) in [4.78, 5) is 23.5. The lowest BCUT2D eigenvalue weighted by Gasteiger charge is -2.18. The molecule has 1 aromatic carbocycles. The average Bonchev–Trinajstić information content (AvgIpc) is 2.46. The molecule has 0 fully saturated rings. The van der Waals surface area contributed by atoms with E-state index < -0.39 is 18.5 Å². The van der Waals surface area contributed by atoms with Gasteiger partial charge >= 0.3 is 12.0 Å². The molecule has 0 saturated carbocycles. The van der Waals surface area contributed by atoms with Crippen molar-refractivity contribution >= 4 is 12.0 Å². The topological polar surface area (TPSA) is 78.9 Å². The molecule has 2 amide bonds. The zero-order valence-electron chi connectivity index (χ0n) is 11.8. The number of nitrogens with zero attached hydrogens (tertiary/aromatic N) is 1. The van der Waals surface area contributed by atoms with Crippen molar-refractivity contribution in [2.24, 2.45) is 0 Å². The number of ether oxygens (including phenoxy) is 1. The lowest BCUT2D eigenvalue weighted by atomic mass is 10.1. The molecule has 1 aromatic rings. The summed E-state index contributed by atoms with van der Waals surface area (Å²) >= 11 is 0. The standard InChI is InChI=1S/C15H18N2O4/c1-3-9-17(11-14(18)19)15(20)16-8-7-12-5-4-6-13(10-12)21-2/h1,4-6,10H,7-9,11H2,2H3,(H,16,20)(H,18,19). The summed E-state index contributed by atoms with van der Waals surface area (Å²) in [5.74, 6) is 1.91. The van der Waals surface area contributed by atoms with Gasteiger partial charge in [-0.3, -0.25) is 4.79 Å². The highest BCUT2D eigenvalue weighted by Gasteiger charge is 2.14. The molecule has 0 bridgehead atoms. The van der Waals surface area contributed by atoms with Crippen LogP contribution in [0.1, 0.15) is 5.56 Å². The Bertz CT molecular complexity index is 537. The third-order valence-corrected chi connectivity index (χ3v) is 2.72. The van der Waals surface area contributed by atoms with Crippen LogP contribution >= 0.6 is 0 Å². The Labute approximate surface area is 123 Å². The van der Waals surface area contributed by atoms with Gasteiger partial charge in [-0.25, -0.2) is 4.79 Å². The second-order valence-corrected chi connectivity index (χ2v) is 4.29. The van der Waals surface area contributed by atoms with E-state index in [4.69, 9.17) is 16.3 Å². The number of terminal acetylenes is 1. The smallest absolute Gasteiger partial charge is 0.323 e. The molecule has 6 heteroatoms. The molecule has 0 atom stereocenters. The minimum atomic E-state index is -1.10. The van der Waals surface area contributed by atoms with Crippen LogP contribution in [0.15, 0.2) is 24.3 Å². The molecule has 0 aliphatic heterocycles. The number of carboxylic acids is 1. The molecule has 0 unspecified atom stereocenters. The summed E-state index contributed by atoms with van der Waals surface area (Å²) in [5.41, 5.74) is 1.01. The number of aliphatic carboxylic acids is 1. The SMILES string of the molecule is C#CCN(CC(=O)O)C(=O)NCCc1cccc(OC)c1. The van der Waals surface area contributed by atoms with E-state index in [1.165, 1.54) is 0 Å². The fraction of sp³-hybridized carbons (Fsp3) is 0.333. The summed E-state index contributed by atoms with van der Waals surface area (Å²) < 4.78 is 5.11. The minimum Gasteiger partial charge on any atom is -0.497 e. The number of benzene rings is 1. The summed E-state index contributed by atoms with van der Waals surface area (Å²) in [7, 11) is 1.59. The van der Waals surface area contributed by atoms with Gasteiger partial charge in [-0.05, 0) is 24.1 Å². The first kappa shape index (κ1) is 16.4. The van der Waals surface area contributed by atoms with Gasteiger partial charge in [-0.2, -0.15) is 0 Å². The summed E-state index contributed by atoms with van der Waals surface area (Å²) in [5, 5.41) is 11.4. The molecule has 0 aliphatic carbocycles. The van der Waals surface area contributed by atoms with Crippen molar-refractivity contribution in [3.8, 4) is 18.1 Å². The molecule has 2 N–H and O–H groups in total. The number of hydrogen-bond acceptors (Lipinski definition) is 3. The molecule has 1 rings (SSSR count). The zero-order chi connectivity index (χ0) is 15.7. The fourth-order valence-corrected chi connectivity index (χ4v) is 1.73. The highest BCUT2D eigenvalue weighted by Crippen LogP contribution is 2.12. The lowest BCUT2D eigenvalue weighted by molar-refractivity contribution is -0.137. The predicted octanol–water partition coefficient (Wildman–Crippen LogP) is 0.967. The molecule has 0 spiro atoms. The first-order valence-corrected chi connectivity index (χ1v) is 6.37. The Morgan fingerprint density at radius 1 is 1.48 bits per heavy atom. The predicted molar refractivity (Wildman–Crippen MR) is 78.1 cm³/mol. The largest absolute Gasteiger partial charge is 0.497 e. The number of hydrogen-bond donors (Lipinski definition) is 2. The van der Waals surface area contributed by atoms with Crippen molar-refractivity contribution in [1.82, 2.24) is 10.2 Å². The maximum atomic E-state index is 11.8. The van der Waals surface area contributed by atoms with Gasteiger partial charge in [0.2, 0.25) is 0 Å². The second-order valence-electron chi connectivity index (χ2n) is 4.29. The second kappa shape index (κ2) is 8.48. The maximum Gasteiger partial charge on any atom is 0.323 e. The van der Waals surface area contributed by atoms with Crippen LogP contribution in [0.2, 0.25) is 0 Å². The Hall–Kier alpha value is -2.68. The highest BCUT2D eigenvalue weighted by atomic mass is 16.5. The lowest BCUT2D eigenvalue weighted by Crippen LogP contribution is -2.43. The van der Waals surface area contributed by atoms with Crippen LogP contribution in [0.25, 0.3) is 0 Å². The third-order valence-electron chi connectivity index (χ3n) is 2.72. The molecular weight excluding hydrogens is 272 g/mol. The maximum absolute atomic E-state index is 11.8. The molecular formula is C15H18N2O4. The van der Waals surface area contributed by atoms with Crippen LogP contribution in [0.3, 0.4) is 0 Å². The number of nitrogens with one attached hydrogen (secondary N) is 1. The number of methoxy groups -OCH3 is 1. The van der Waals surface area contributed by atoms with Crippen molar-refractivity contribution in [1.29, 1.82) is 0 Å². The van der Waals surface area contributed by atoms with Gasteiger partial charge in [-0.15, -0.1) is 6.42 Å². The summed E-state index contributed by atoms with van der Waals surface area (Å²) in [6.45, 7) is -0.0841. The van der Waals surface area contributed by atoms with Gasteiger partial charge in [0.15, 0.2) is 0 Å². The van der Waals surface area contributed by atoms with Crippen molar-refractivity contribution < 1.29 is 19.4 Å². The number of amides is 2. The number of urea groups is 1. The highest BCUT2D eigenvalue weighted by molar-refractivity contribution is 5.80. The Kier molecular flexibility index (Phi) is 6.61. The van der Waals surface area contributed by atoms with Gasteiger partial charge in [0.1, 0.15) is 12.3 Å². The van der Waals surface area contributed by atoms with E-state index in [2.05, 4.69) is 11.2 Å². The van der Waals surface area contributed by atoms with Gasteiger partial charge in [0.05, 0.1) is 13.7 Å². The van der Waals surface area contributed by atoms with Crippen molar-refractivity contribution in [2.75, 3.05) is 26.7 Å². The first-order chi connectivity index (χ1) is 10.1. The normalized spacial score (nSPS) is 9.52. The minimum absolute atomic E-state index is 0.0444. The van der Waals surface area contributed by atoms with Crippen molar-refractivity contribution in [2.45, 2.75) is 6.42 Å². The fourth-order valence-electron chi connectivity index (χ4n) is 1.73. The molecule has 0 aliphatic rings.